The first-order chi connectivity index (χ1) is 14.5. The minimum Gasteiger partial charge on any atom is -0.426 e. The topological polar surface area (TPSA) is 123 Å². The monoisotopic (exact) mass is 444 g/mol. The van der Waals surface area contributed by atoms with Gasteiger partial charge in [0, 0.05) is 29.9 Å². The van der Waals surface area contributed by atoms with Crippen LogP contribution in [-0.2, 0) is 14.8 Å². The van der Waals surface area contributed by atoms with Gasteiger partial charge in [-0.25, -0.2) is 22.8 Å². The summed E-state index contributed by atoms with van der Waals surface area (Å²) in [7, 11) is -3.74. The molecule has 9 nitrogen and oxygen atoms in total. The summed E-state index contributed by atoms with van der Waals surface area (Å²) in [6, 6.07) is 9.53. The first-order valence-corrected chi connectivity index (χ1v) is 11.1. The summed E-state index contributed by atoms with van der Waals surface area (Å²) < 4.78 is 33.9. The number of para-hydroxylation sites is 1. The van der Waals surface area contributed by atoms with Crippen LogP contribution in [0, 0.1) is 0 Å². The van der Waals surface area contributed by atoms with Crippen molar-refractivity contribution < 1.29 is 17.9 Å². The predicted molar refractivity (Wildman–Crippen MR) is 116 cm³/mol. The van der Waals surface area contributed by atoms with Crippen molar-refractivity contribution in [3.05, 3.63) is 59.1 Å². The summed E-state index contributed by atoms with van der Waals surface area (Å²) in [6.45, 7) is 6.90. The second-order valence-electron chi connectivity index (χ2n) is 7.86. The molecule has 10 heteroatoms. The number of nitrogens with zero attached hydrogens (tertiary/aromatic N) is 2. The second-order valence-corrected chi connectivity index (χ2v) is 9.54. The molecule has 164 valence electrons. The van der Waals surface area contributed by atoms with Gasteiger partial charge in [-0.1, -0.05) is 25.1 Å². The van der Waals surface area contributed by atoms with Crippen LogP contribution in [0.3, 0.4) is 0 Å². The molecule has 0 aliphatic carbocycles. The summed E-state index contributed by atoms with van der Waals surface area (Å²) in [5, 5.41) is 2.82. The number of rotatable bonds is 6. The second kappa shape index (κ2) is 8.48. The van der Waals surface area contributed by atoms with Gasteiger partial charge in [0.25, 0.3) is 5.56 Å². The molecule has 0 amide bonds. The third-order valence-electron chi connectivity index (χ3n) is 4.16. The van der Waals surface area contributed by atoms with E-state index >= 15 is 0 Å². The largest absolute Gasteiger partial charge is 0.426 e. The van der Waals surface area contributed by atoms with Gasteiger partial charge in [-0.05, 0) is 39.0 Å². The Morgan fingerprint density at radius 3 is 2.48 bits per heavy atom. The fraction of sp³-hybridized carbons (Fsp3) is 0.286. The number of carbonyl (C=O) groups is 1. The van der Waals surface area contributed by atoms with E-state index in [2.05, 4.69) is 14.8 Å². The Bertz CT molecular complexity index is 1250. The summed E-state index contributed by atoms with van der Waals surface area (Å²) in [4.78, 5) is 28.8. The van der Waals surface area contributed by atoms with Crippen LogP contribution in [0.1, 0.15) is 34.1 Å². The molecular weight excluding hydrogens is 420 g/mol. The number of H-pyrrole nitrogens is 1. The van der Waals surface area contributed by atoms with E-state index in [0.717, 1.165) is 0 Å². The van der Waals surface area contributed by atoms with Crippen LogP contribution in [0.4, 0.5) is 0 Å². The molecule has 0 aliphatic heterocycles. The standard InChI is InChI=1S/C21H24N4O5S/c1-5-19(26)30-17-9-7-6-8-15(17)16-13-23-25(20(16)27)18-11-10-14(12-22-18)31(28,29)24-21(2,3)4/h6-13,23-24H,5H2,1-4H3. The van der Waals surface area contributed by atoms with Crippen molar-refractivity contribution in [2.75, 3.05) is 0 Å². The van der Waals surface area contributed by atoms with Gasteiger partial charge in [0.15, 0.2) is 5.82 Å². The lowest BCUT2D eigenvalue weighted by molar-refractivity contribution is -0.133. The van der Waals surface area contributed by atoms with E-state index in [1.54, 1.807) is 52.0 Å². The van der Waals surface area contributed by atoms with Gasteiger partial charge in [-0.3, -0.25) is 14.7 Å². The summed E-state index contributed by atoms with van der Waals surface area (Å²) in [5.41, 5.74) is -0.321. The number of pyridine rings is 1. The molecular formula is C21H24N4O5S. The maximum absolute atomic E-state index is 13.0. The number of carbonyl (C=O) groups excluding carboxylic acids is 1. The van der Waals surface area contributed by atoms with Crippen molar-refractivity contribution in [3.8, 4) is 22.7 Å². The Balaban J connectivity index is 1.95. The Morgan fingerprint density at radius 2 is 1.87 bits per heavy atom. The zero-order valence-electron chi connectivity index (χ0n) is 17.7. The van der Waals surface area contributed by atoms with Crippen LogP contribution in [-0.4, -0.2) is 34.7 Å². The molecule has 0 unspecified atom stereocenters. The van der Waals surface area contributed by atoms with Crippen molar-refractivity contribution in [1.29, 1.82) is 0 Å². The van der Waals surface area contributed by atoms with Gasteiger partial charge < -0.3 is 4.74 Å². The Kier molecular flexibility index (Phi) is 6.14. The maximum atomic E-state index is 13.0. The molecule has 0 saturated heterocycles. The highest BCUT2D eigenvalue weighted by molar-refractivity contribution is 7.89. The fourth-order valence-electron chi connectivity index (χ4n) is 2.83. The number of sulfonamides is 1. The van der Waals surface area contributed by atoms with E-state index in [4.69, 9.17) is 4.74 Å². The average molecular weight is 445 g/mol. The van der Waals surface area contributed by atoms with Crippen molar-refractivity contribution in [2.45, 2.75) is 44.6 Å². The van der Waals surface area contributed by atoms with Gasteiger partial charge >= 0.3 is 5.97 Å². The van der Waals surface area contributed by atoms with E-state index < -0.39 is 27.1 Å². The smallest absolute Gasteiger partial charge is 0.310 e. The van der Waals surface area contributed by atoms with E-state index in [0.29, 0.717) is 5.56 Å². The Morgan fingerprint density at radius 1 is 1.16 bits per heavy atom. The lowest BCUT2D eigenvalue weighted by Crippen LogP contribution is -2.40. The first-order valence-electron chi connectivity index (χ1n) is 9.63. The molecule has 2 N–H and O–H groups in total. The number of hydrogen-bond donors (Lipinski definition) is 2. The van der Waals surface area contributed by atoms with Crippen molar-refractivity contribution >= 4 is 16.0 Å². The molecule has 0 aliphatic rings. The van der Waals surface area contributed by atoms with Gasteiger partial charge in [0.1, 0.15) is 10.6 Å². The Labute approximate surface area is 180 Å². The van der Waals surface area contributed by atoms with Crippen LogP contribution in [0.15, 0.2) is 58.5 Å². The van der Waals surface area contributed by atoms with Crippen molar-refractivity contribution in [2.24, 2.45) is 0 Å². The zero-order valence-corrected chi connectivity index (χ0v) is 18.5. The SMILES string of the molecule is CCC(=O)Oc1ccccc1-c1c[nH]n(-c2ccc(S(=O)(=O)NC(C)(C)C)cn2)c1=O. The summed E-state index contributed by atoms with van der Waals surface area (Å²) in [6.07, 6.45) is 2.87. The molecule has 1 aromatic carbocycles. The number of hydrogen-bond acceptors (Lipinski definition) is 6. The number of aromatic nitrogens is 3. The van der Waals surface area contributed by atoms with Crippen molar-refractivity contribution in [3.63, 3.8) is 0 Å². The van der Waals surface area contributed by atoms with Gasteiger partial charge in [0.2, 0.25) is 10.0 Å². The molecule has 31 heavy (non-hydrogen) atoms. The van der Waals surface area contributed by atoms with E-state index in [1.807, 2.05) is 0 Å². The lowest BCUT2D eigenvalue weighted by Gasteiger charge is -2.20. The molecule has 0 radical (unpaired) electrons. The van der Waals surface area contributed by atoms with E-state index in [9.17, 15) is 18.0 Å². The van der Waals surface area contributed by atoms with Crippen LogP contribution in [0.5, 0.6) is 5.75 Å². The van der Waals surface area contributed by atoms with Crippen LogP contribution >= 0.6 is 0 Å². The molecule has 2 heterocycles. The number of nitrogens with one attached hydrogen (secondary N) is 2. The number of esters is 1. The summed E-state index contributed by atoms with van der Waals surface area (Å²) >= 11 is 0. The third kappa shape index (κ3) is 5.09. The molecule has 3 aromatic rings. The molecule has 0 fully saturated rings. The zero-order chi connectivity index (χ0) is 22.8. The van der Waals surface area contributed by atoms with Gasteiger partial charge in [0.05, 0.1) is 5.56 Å². The minimum atomic E-state index is -3.74. The number of benzene rings is 1. The lowest BCUT2D eigenvalue weighted by atomic mass is 10.1. The molecule has 3 rings (SSSR count). The van der Waals surface area contributed by atoms with E-state index in [-0.39, 0.29) is 28.4 Å². The van der Waals surface area contributed by atoms with E-state index in [1.165, 1.54) is 29.2 Å². The van der Waals surface area contributed by atoms with Gasteiger partial charge in [-0.2, -0.15) is 0 Å². The quantitative estimate of drug-likeness (QED) is 0.445. The fourth-order valence-corrected chi connectivity index (χ4v) is 4.19. The normalized spacial score (nSPS) is 12.0. The predicted octanol–water partition coefficient (Wildman–Crippen LogP) is 2.62. The highest BCUT2D eigenvalue weighted by Crippen LogP contribution is 2.28. The molecule has 0 spiro atoms. The van der Waals surface area contributed by atoms with Crippen LogP contribution < -0.4 is 15.0 Å². The highest BCUT2D eigenvalue weighted by Gasteiger charge is 2.23. The first kappa shape index (κ1) is 22.4. The van der Waals surface area contributed by atoms with Gasteiger partial charge in [-0.15, -0.1) is 0 Å². The number of aromatic amines is 1. The number of ether oxygens (including phenoxy) is 1. The third-order valence-corrected chi connectivity index (χ3v) is 5.91. The average Bonchev–Trinajstić information content (AvgIpc) is 3.08. The Hall–Kier alpha value is -3.24. The maximum Gasteiger partial charge on any atom is 0.310 e. The molecule has 0 atom stereocenters. The minimum absolute atomic E-state index is 0.0113. The summed E-state index contributed by atoms with van der Waals surface area (Å²) in [5.74, 6) is 0.0832. The highest BCUT2D eigenvalue weighted by atomic mass is 32.2. The molecule has 0 bridgehead atoms. The molecule has 0 saturated carbocycles. The molecule has 2 aromatic heterocycles. The van der Waals surface area contributed by atoms with Crippen LogP contribution in [0.25, 0.3) is 16.9 Å². The van der Waals surface area contributed by atoms with Crippen molar-refractivity contribution in [1.82, 2.24) is 19.5 Å². The van der Waals surface area contributed by atoms with Crippen LogP contribution in [0.2, 0.25) is 0 Å².